The summed E-state index contributed by atoms with van der Waals surface area (Å²) in [6.45, 7) is 5.49. The van der Waals surface area contributed by atoms with Crippen molar-refractivity contribution in [2.45, 2.75) is 271 Å². The van der Waals surface area contributed by atoms with Gasteiger partial charge in [-0.1, -0.05) is 211 Å². The molecule has 2 unspecified atom stereocenters. The lowest BCUT2D eigenvalue weighted by Crippen LogP contribution is -2.29. The van der Waals surface area contributed by atoms with Crippen molar-refractivity contribution in [2.75, 3.05) is 19.8 Å². The maximum Gasteiger partial charge on any atom is 0.472 e. The summed E-state index contributed by atoms with van der Waals surface area (Å²) < 4.78 is 32.8. The molecule has 0 amide bonds. The second-order valence-corrected chi connectivity index (χ2v) is 19.0. The molecule has 8 nitrogen and oxygen atoms in total. The second-order valence-electron chi connectivity index (χ2n) is 17.5. The molecule has 0 aliphatic heterocycles. The van der Waals surface area contributed by atoms with Crippen molar-refractivity contribution in [3.63, 3.8) is 0 Å². The first-order valence-corrected chi connectivity index (χ1v) is 27.8. The quantitative estimate of drug-likeness (QED) is 0.0278. The lowest BCUT2D eigenvalue weighted by atomic mass is 10.0. The summed E-state index contributed by atoms with van der Waals surface area (Å²) in [6, 6.07) is 0. The van der Waals surface area contributed by atoms with Crippen LogP contribution in [0.5, 0.6) is 0 Å². The Labute approximate surface area is 383 Å². The molecule has 9 heteroatoms. The van der Waals surface area contributed by atoms with Crippen molar-refractivity contribution >= 4 is 19.8 Å². The maximum atomic E-state index is 12.6. The number of rotatable bonds is 49. The number of carbonyl (C=O) groups excluding carboxylic acids is 2. The van der Waals surface area contributed by atoms with Gasteiger partial charge in [-0.2, -0.15) is 0 Å². The Morgan fingerprint density at radius 3 is 1.19 bits per heavy atom. The monoisotopic (exact) mass is 895 g/mol. The molecule has 0 bridgehead atoms. The Morgan fingerprint density at radius 2 is 0.774 bits per heavy atom. The lowest BCUT2D eigenvalue weighted by Gasteiger charge is -2.19. The normalized spacial score (nSPS) is 13.4. The van der Waals surface area contributed by atoms with Crippen molar-refractivity contribution in [3.8, 4) is 0 Å². The van der Waals surface area contributed by atoms with E-state index in [1.165, 1.54) is 180 Å². The fourth-order valence-electron chi connectivity index (χ4n) is 7.54. The summed E-state index contributed by atoms with van der Waals surface area (Å²) in [5, 5.41) is 0. The zero-order valence-electron chi connectivity index (χ0n) is 40.8. The molecule has 0 aliphatic rings. The predicted molar refractivity (Wildman–Crippen MR) is 262 cm³/mol. The molecule has 364 valence electrons. The Morgan fingerprint density at radius 1 is 0.435 bits per heavy atom. The lowest BCUT2D eigenvalue weighted by molar-refractivity contribution is -0.161. The minimum atomic E-state index is -4.29. The number of hydrogen-bond acceptors (Lipinski definition) is 7. The van der Waals surface area contributed by atoms with Gasteiger partial charge < -0.3 is 14.4 Å². The van der Waals surface area contributed by atoms with Crippen LogP contribution in [0.2, 0.25) is 0 Å². The molecule has 0 aromatic heterocycles. The largest absolute Gasteiger partial charge is 0.472 e. The number of ether oxygens (including phenoxy) is 2. The van der Waals surface area contributed by atoms with Gasteiger partial charge in [0.25, 0.3) is 0 Å². The van der Waals surface area contributed by atoms with E-state index in [-0.39, 0.29) is 25.6 Å². The summed E-state index contributed by atoms with van der Waals surface area (Å²) in [5.74, 6) is -0.793. The first kappa shape index (κ1) is 60.3. The first-order valence-electron chi connectivity index (χ1n) is 26.3. The van der Waals surface area contributed by atoms with Gasteiger partial charge in [-0.05, 0) is 77.6 Å². The fraction of sp³-hybridized carbons (Fsp3) is 0.849. The Bertz CT molecular complexity index is 1110. The molecular weight excluding hydrogens is 796 g/mol. The van der Waals surface area contributed by atoms with Crippen molar-refractivity contribution < 1.29 is 37.6 Å². The van der Waals surface area contributed by atoms with E-state index in [2.05, 4.69) is 50.3 Å². The van der Waals surface area contributed by atoms with Gasteiger partial charge in [0.15, 0.2) is 6.10 Å². The van der Waals surface area contributed by atoms with Crippen LogP contribution >= 0.6 is 7.82 Å². The topological polar surface area (TPSA) is 108 Å². The third kappa shape index (κ3) is 47.7. The fourth-order valence-corrected chi connectivity index (χ4v) is 8.29. The van der Waals surface area contributed by atoms with Crippen LogP contribution in [0, 0.1) is 0 Å². The van der Waals surface area contributed by atoms with Crippen molar-refractivity contribution in [3.05, 3.63) is 36.5 Å². The van der Waals surface area contributed by atoms with Crippen LogP contribution in [0.15, 0.2) is 36.5 Å². The van der Waals surface area contributed by atoms with E-state index < -0.39 is 26.5 Å². The minimum Gasteiger partial charge on any atom is -0.462 e. The van der Waals surface area contributed by atoms with Gasteiger partial charge >= 0.3 is 19.8 Å². The number of carbonyl (C=O) groups is 2. The molecule has 0 aliphatic carbocycles. The van der Waals surface area contributed by atoms with Gasteiger partial charge in [-0.25, -0.2) is 4.57 Å². The van der Waals surface area contributed by atoms with Crippen LogP contribution < -0.4 is 0 Å². The van der Waals surface area contributed by atoms with E-state index in [4.69, 9.17) is 18.5 Å². The molecule has 2 atom stereocenters. The highest BCUT2D eigenvalue weighted by molar-refractivity contribution is 7.47. The Balaban J connectivity index is 3.95. The van der Waals surface area contributed by atoms with Gasteiger partial charge in [0, 0.05) is 12.8 Å². The molecule has 0 saturated carbocycles. The zero-order chi connectivity index (χ0) is 45.3. The van der Waals surface area contributed by atoms with Gasteiger partial charge in [-0.3, -0.25) is 18.6 Å². The van der Waals surface area contributed by atoms with Gasteiger partial charge in [0.05, 0.1) is 13.2 Å². The highest BCUT2D eigenvalue weighted by Gasteiger charge is 2.25. The molecule has 1 N–H and O–H groups in total. The van der Waals surface area contributed by atoms with E-state index in [0.29, 0.717) is 12.8 Å². The molecule has 0 spiro atoms. The Kier molecular flexibility index (Phi) is 47.4. The molecule has 0 saturated heterocycles. The van der Waals surface area contributed by atoms with E-state index >= 15 is 0 Å². The first-order chi connectivity index (χ1) is 30.3. The number of phosphoric ester groups is 1. The van der Waals surface area contributed by atoms with Crippen LogP contribution in [0.4, 0.5) is 0 Å². The molecule has 62 heavy (non-hydrogen) atoms. The molecular formula is C53H99O8P. The highest BCUT2D eigenvalue weighted by Crippen LogP contribution is 2.43. The molecule has 0 fully saturated rings. The number of phosphoric acid groups is 1. The van der Waals surface area contributed by atoms with Crippen LogP contribution in [0.1, 0.15) is 265 Å². The van der Waals surface area contributed by atoms with E-state index in [1.54, 1.807) is 6.92 Å². The van der Waals surface area contributed by atoms with E-state index in [1.807, 2.05) is 0 Å². The average Bonchev–Trinajstić information content (AvgIpc) is 3.25. The van der Waals surface area contributed by atoms with Crippen LogP contribution in [-0.4, -0.2) is 42.8 Å². The summed E-state index contributed by atoms with van der Waals surface area (Å²) >= 11 is 0. The number of unbranched alkanes of at least 4 members (excludes halogenated alkanes) is 31. The standard InChI is InChI=1S/C53H99O8P/c1-4-7-9-11-13-15-17-19-21-23-25-26-27-28-30-31-33-35-37-39-41-43-45-47-52(54)58-49-51(50-60-62(56,57)59-6-3)61-53(55)48-46-44-42-40-38-36-34-32-29-24-22-20-18-16-14-12-10-8-5-2/h14,16,20,22-23,25,51H,4-13,15,17-19,21,24,26-50H2,1-3H3,(H,56,57)/b16-14-,22-20-,25-23-. The van der Waals surface area contributed by atoms with E-state index in [9.17, 15) is 19.0 Å². The second kappa shape index (κ2) is 48.7. The molecule has 0 heterocycles. The highest BCUT2D eigenvalue weighted by atomic mass is 31.2. The summed E-state index contributed by atoms with van der Waals surface area (Å²) in [5.41, 5.74) is 0. The SMILES string of the molecule is CCCCC/C=C\C/C=C\CCCCCCCCCCCC(=O)OC(COC(=O)CCCCCCCCCCCCC/C=C\CCCCCCCCCC)COP(=O)(O)OCC. The van der Waals surface area contributed by atoms with Crippen molar-refractivity contribution in [1.29, 1.82) is 0 Å². The van der Waals surface area contributed by atoms with Crippen LogP contribution in [-0.2, 0) is 32.7 Å². The summed E-state index contributed by atoms with van der Waals surface area (Å²) in [4.78, 5) is 35.0. The van der Waals surface area contributed by atoms with Crippen LogP contribution in [0.3, 0.4) is 0 Å². The average molecular weight is 895 g/mol. The van der Waals surface area contributed by atoms with Gasteiger partial charge in [0.2, 0.25) is 0 Å². The third-order valence-electron chi connectivity index (χ3n) is 11.4. The van der Waals surface area contributed by atoms with Crippen molar-refractivity contribution in [1.82, 2.24) is 0 Å². The molecule has 0 rings (SSSR count). The maximum absolute atomic E-state index is 12.6. The number of hydrogen-bond donors (Lipinski definition) is 1. The Hall–Kier alpha value is -1.73. The van der Waals surface area contributed by atoms with Crippen molar-refractivity contribution in [2.24, 2.45) is 0 Å². The van der Waals surface area contributed by atoms with Gasteiger partial charge in [-0.15, -0.1) is 0 Å². The molecule has 0 radical (unpaired) electrons. The summed E-state index contributed by atoms with van der Waals surface area (Å²) in [6.07, 6.45) is 57.8. The van der Waals surface area contributed by atoms with E-state index in [0.717, 1.165) is 44.9 Å². The smallest absolute Gasteiger partial charge is 0.462 e. The molecule has 0 aromatic carbocycles. The van der Waals surface area contributed by atoms with Crippen LogP contribution in [0.25, 0.3) is 0 Å². The zero-order valence-corrected chi connectivity index (χ0v) is 41.7. The third-order valence-corrected chi connectivity index (χ3v) is 12.5. The minimum absolute atomic E-state index is 0.000123. The number of esters is 2. The van der Waals surface area contributed by atoms with Gasteiger partial charge in [0.1, 0.15) is 6.61 Å². The number of allylic oxidation sites excluding steroid dienone is 6. The molecule has 0 aromatic rings. The predicted octanol–water partition coefficient (Wildman–Crippen LogP) is 17.1. The summed E-state index contributed by atoms with van der Waals surface area (Å²) in [7, 11) is -4.29.